The minimum absolute atomic E-state index is 0.124. The summed E-state index contributed by atoms with van der Waals surface area (Å²) in [5.41, 5.74) is 6.83. The van der Waals surface area contributed by atoms with E-state index in [4.69, 9.17) is 5.73 Å². The smallest absolute Gasteiger partial charge is 0.253 e. The first-order chi connectivity index (χ1) is 6.09. The van der Waals surface area contributed by atoms with Crippen LogP contribution in [-0.4, -0.2) is 17.5 Å². The Morgan fingerprint density at radius 2 is 2.23 bits per heavy atom. The van der Waals surface area contributed by atoms with Crippen LogP contribution >= 0.6 is 0 Å². The van der Waals surface area contributed by atoms with Crippen molar-refractivity contribution in [3.63, 3.8) is 0 Å². The van der Waals surface area contributed by atoms with Crippen LogP contribution in [0.5, 0.6) is 0 Å². The Hall–Kier alpha value is -1.03. The van der Waals surface area contributed by atoms with Gasteiger partial charge in [-0.2, -0.15) is 0 Å². The third-order valence-corrected chi connectivity index (χ3v) is 1.74. The predicted molar refractivity (Wildman–Crippen MR) is 46.7 cm³/mol. The van der Waals surface area contributed by atoms with Gasteiger partial charge in [0.25, 0.3) is 6.43 Å². The molecule has 4 heteroatoms. The monoisotopic (exact) mass is 186 g/mol. The Bertz CT molecular complexity index is 276. The Kier molecular flexibility index (Phi) is 3.31. The molecule has 0 bridgehead atoms. The fourth-order valence-corrected chi connectivity index (χ4v) is 1.04. The lowest BCUT2D eigenvalue weighted by atomic mass is 10.1. The molecule has 2 N–H and O–H groups in total. The van der Waals surface area contributed by atoms with Gasteiger partial charge in [0.15, 0.2) is 0 Å². The van der Waals surface area contributed by atoms with Gasteiger partial charge < -0.3 is 5.73 Å². The van der Waals surface area contributed by atoms with Crippen molar-refractivity contribution >= 4 is 0 Å². The molecule has 1 unspecified atom stereocenters. The van der Waals surface area contributed by atoms with Crippen molar-refractivity contribution in [1.29, 1.82) is 0 Å². The van der Waals surface area contributed by atoms with Gasteiger partial charge >= 0.3 is 0 Å². The van der Waals surface area contributed by atoms with Crippen LogP contribution in [0.3, 0.4) is 0 Å². The molecule has 2 nitrogen and oxygen atoms in total. The summed E-state index contributed by atoms with van der Waals surface area (Å²) in [5, 5.41) is 0. The standard InChI is InChI=1S/C9H12F2N2/c1-6-2-3-13-7(4-6)5-8(12)9(10)11/h2-4,8-9H,5,12H2,1H3. The Labute approximate surface area is 75.8 Å². The Morgan fingerprint density at radius 3 is 2.77 bits per heavy atom. The molecular weight excluding hydrogens is 174 g/mol. The molecule has 1 atom stereocenters. The lowest BCUT2D eigenvalue weighted by Crippen LogP contribution is -2.31. The third-order valence-electron chi connectivity index (χ3n) is 1.74. The van der Waals surface area contributed by atoms with E-state index < -0.39 is 12.5 Å². The largest absolute Gasteiger partial charge is 0.323 e. The fraction of sp³-hybridized carbons (Fsp3) is 0.444. The molecule has 0 aromatic carbocycles. The van der Waals surface area contributed by atoms with Crippen molar-refractivity contribution in [3.8, 4) is 0 Å². The summed E-state index contributed by atoms with van der Waals surface area (Å²) in [6.07, 6.45) is -0.760. The highest BCUT2D eigenvalue weighted by Gasteiger charge is 2.15. The van der Waals surface area contributed by atoms with Crippen LogP contribution in [0, 0.1) is 6.92 Å². The summed E-state index contributed by atoms with van der Waals surface area (Å²) in [4.78, 5) is 3.95. The van der Waals surface area contributed by atoms with Crippen molar-refractivity contribution in [2.45, 2.75) is 25.8 Å². The number of pyridine rings is 1. The molecule has 0 radical (unpaired) electrons. The second-order valence-corrected chi connectivity index (χ2v) is 3.03. The summed E-state index contributed by atoms with van der Waals surface area (Å²) in [6, 6.07) is 2.47. The first-order valence-electron chi connectivity index (χ1n) is 4.05. The van der Waals surface area contributed by atoms with E-state index in [1.54, 1.807) is 12.3 Å². The zero-order valence-electron chi connectivity index (χ0n) is 7.37. The molecule has 1 aromatic heterocycles. The molecule has 1 rings (SSSR count). The average molecular weight is 186 g/mol. The van der Waals surface area contributed by atoms with E-state index in [9.17, 15) is 8.78 Å². The summed E-state index contributed by atoms with van der Waals surface area (Å²) in [7, 11) is 0. The number of aryl methyl sites for hydroxylation is 1. The van der Waals surface area contributed by atoms with Crippen LogP contribution in [0.4, 0.5) is 8.78 Å². The average Bonchev–Trinajstić information content (AvgIpc) is 2.04. The van der Waals surface area contributed by atoms with Crippen LogP contribution in [0.15, 0.2) is 18.3 Å². The van der Waals surface area contributed by atoms with Gasteiger partial charge in [0, 0.05) is 18.3 Å². The van der Waals surface area contributed by atoms with Gasteiger partial charge in [0.1, 0.15) is 0 Å². The van der Waals surface area contributed by atoms with E-state index in [-0.39, 0.29) is 6.42 Å². The highest BCUT2D eigenvalue weighted by molar-refractivity contribution is 5.15. The highest BCUT2D eigenvalue weighted by Crippen LogP contribution is 2.06. The topological polar surface area (TPSA) is 38.9 Å². The number of rotatable bonds is 3. The molecule has 0 aliphatic rings. The van der Waals surface area contributed by atoms with Crippen LogP contribution in [0.2, 0.25) is 0 Å². The zero-order chi connectivity index (χ0) is 9.84. The molecule has 13 heavy (non-hydrogen) atoms. The van der Waals surface area contributed by atoms with Crippen LogP contribution in [0.25, 0.3) is 0 Å². The molecule has 1 aromatic rings. The van der Waals surface area contributed by atoms with E-state index in [2.05, 4.69) is 4.98 Å². The number of aromatic nitrogens is 1. The molecule has 0 spiro atoms. The summed E-state index contributed by atoms with van der Waals surface area (Å²) >= 11 is 0. The maximum absolute atomic E-state index is 12.1. The van der Waals surface area contributed by atoms with E-state index in [1.165, 1.54) is 0 Å². The van der Waals surface area contributed by atoms with Gasteiger partial charge in [0.05, 0.1) is 6.04 Å². The molecule has 0 saturated heterocycles. The highest BCUT2D eigenvalue weighted by atomic mass is 19.3. The van der Waals surface area contributed by atoms with E-state index in [0.717, 1.165) is 5.56 Å². The maximum atomic E-state index is 12.1. The number of hydrogen-bond acceptors (Lipinski definition) is 2. The molecule has 0 saturated carbocycles. The first-order valence-corrected chi connectivity index (χ1v) is 4.05. The van der Waals surface area contributed by atoms with Gasteiger partial charge in [0.2, 0.25) is 0 Å². The van der Waals surface area contributed by atoms with Crippen molar-refractivity contribution in [2.24, 2.45) is 5.73 Å². The van der Waals surface area contributed by atoms with Gasteiger partial charge in [-0.1, -0.05) is 0 Å². The van der Waals surface area contributed by atoms with E-state index in [0.29, 0.717) is 5.69 Å². The van der Waals surface area contributed by atoms with Gasteiger partial charge in [-0.25, -0.2) is 8.78 Å². The number of nitrogens with zero attached hydrogens (tertiary/aromatic N) is 1. The molecular formula is C9H12F2N2. The van der Waals surface area contributed by atoms with Gasteiger partial charge in [-0.3, -0.25) is 4.98 Å². The van der Waals surface area contributed by atoms with Gasteiger partial charge in [-0.15, -0.1) is 0 Å². The second-order valence-electron chi connectivity index (χ2n) is 3.03. The summed E-state index contributed by atoms with van der Waals surface area (Å²) in [5.74, 6) is 0. The zero-order valence-corrected chi connectivity index (χ0v) is 7.37. The van der Waals surface area contributed by atoms with Crippen LogP contribution in [-0.2, 0) is 6.42 Å². The van der Waals surface area contributed by atoms with Crippen molar-refractivity contribution in [3.05, 3.63) is 29.6 Å². The molecule has 1 heterocycles. The quantitative estimate of drug-likeness (QED) is 0.777. The maximum Gasteiger partial charge on any atom is 0.253 e. The normalized spacial score (nSPS) is 13.3. The van der Waals surface area contributed by atoms with Crippen LogP contribution in [0.1, 0.15) is 11.3 Å². The number of alkyl halides is 2. The molecule has 0 amide bonds. The fourth-order valence-electron chi connectivity index (χ4n) is 1.04. The minimum atomic E-state index is -2.48. The van der Waals surface area contributed by atoms with Crippen molar-refractivity contribution in [2.75, 3.05) is 0 Å². The Balaban J connectivity index is 2.64. The number of nitrogens with two attached hydrogens (primary N) is 1. The summed E-state index contributed by atoms with van der Waals surface area (Å²) in [6.45, 7) is 1.89. The third kappa shape index (κ3) is 3.06. The lowest BCUT2D eigenvalue weighted by molar-refractivity contribution is 0.115. The van der Waals surface area contributed by atoms with Crippen LogP contribution < -0.4 is 5.73 Å². The van der Waals surface area contributed by atoms with E-state index >= 15 is 0 Å². The van der Waals surface area contributed by atoms with Crippen molar-refractivity contribution < 1.29 is 8.78 Å². The second kappa shape index (κ2) is 4.28. The summed E-state index contributed by atoms with van der Waals surface area (Å²) < 4.78 is 24.1. The van der Waals surface area contributed by atoms with Crippen molar-refractivity contribution in [1.82, 2.24) is 4.98 Å². The van der Waals surface area contributed by atoms with Gasteiger partial charge in [-0.05, 0) is 24.6 Å². The molecule has 72 valence electrons. The lowest BCUT2D eigenvalue weighted by Gasteiger charge is -2.09. The Morgan fingerprint density at radius 1 is 1.54 bits per heavy atom. The number of halogens is 2. The SMILES string of the molecule is Cc1ccnc(CC(N)C(F)F)c1. The molecule has 0 aliphatic heterocycles. The molecule has 0 fully saturated rings. The predicted octanol–water partition coefficient (Wildman–Crippen LogP) is 1.52. The van der Waals surface area contributed by atoms with E-state index in [1.807, 2.05) is 13.0 Å². The molecule has 0 aliphatic carbocycles. The number of hydrogen-bond donors (Lipinski definition) is 1. The minimum Gasteiger partial charge on any atom is -0.323 e. The first kappa shape index (κ1) is 10.1.